The molecule has 15 heavy (non-hydrogen) atoms. The van der Waals surface area contributed by atoms with E-state index < -0.39 is 0 Å². The largest absolute Gasteiger partial charge is 0.399 e. The first-order valence-corrected chi connectivity index (χ1v) is 5.24. The van der Waals surface area contributed by atoms with Gasteiger partial charge in [0.15, 0.2) is 0 Å². The van der Waals surface area contributed by atoms with E-state index in [4.69, 9.17) is 5.73 Å². The van der Waals surface area contributed by atoms with Crippen LogP contribution in [0.3, 0.4) is 0 Å². The van der Waals surface area contributed by atoms with Crippen molar-refractivity contribution in [1.82, 2.24) is 4.98 Å². The van der Waals surface area contributed by atoms with Gasteiger partial charge in [-0.3, -0.25) is 0 Å². The quantitative estimate of drug-likeness (QED) is 0.730. The second-order valence-corrected chi connectivity index (χ2v) is 4.06. The number of pyridine rings is 1. The Balaban J connectivity index is 2.12. The van der Waals surface area contributed by atoms with E-state index in [2.05, 4.69) is 10.3 Å². The predicted molar refractivity (Wildman–Crippen MR) is 62.8 cm³/mol. The van der Waals surface area contributed by atoms with Crippen LogP contribution >= 0.6 is 0 Å². The van der Waals surface area contributed by atoms with Crippen LogP contribution in [0.4, 0.5) is 11.5 Å². The maximum absolute atomic E-state index is 5.75. The molecule has 0 amide bonds. The fraction of sp³-hybridized carbons (Fsp3) is 0.250. The highest BCUT2D eigenvalue weighted by molar-refractivity contribution is 5.93. The van der Waals surface area contributed by atoms with Crippen molar-refractivity contribution in [3.63, 3.8) is 0 Å². The van der Waals surface area contributed by atoms with Crippen molar-refractivity contribution in [2.45, 2.75) is 18.9 Å². The molecule has 1 aromatic carbocycles. The van der Waals surface area contributed by atoms with Gasteiger partial charge in [-0.05, 0) is 42.5 Å². The summed E-state index contributed by atoms with van der Waals surface area (Å²) in [6.45, 7) is 0. The van der Waals surface area contributed by atoms with Crippen LogP contribution in [0, 0.1) is 0 Å². The van der Waals surface area contributed by atoms with Crippen LogP contribution in [0.15, 0.2) is 30.5 Å². The molecule has 1 saturated carbocycles. The molecule has 0 saturated heterocycles. The van der Waals surface area contributed by atoms with Crippen molar-refractivity contribution in [3.8, 4) is 0 Å². The molecule has 0 radical (unpaired) electrons. The lowest BCUT2D eigenvalue weighted by atomic mass is 10.1. The van der Waals surface area contributed by atoms with Gasteiger partial charge in [0.1, 0.15) is 5.82 Å². The SMILES string of the molecule is Nc1ccc2c(NC3CC3)nccc2c1. The number of nitrogen functional groups attached to an aromatic ring is 1. The van der Waals surface area contributed by atoms with Crippen LogP contribution in [-0.4, -0.2) is 11.0 Å². The lowest BCUT2D eigenvalue weighted by Crippen LogP contribution is -2.03. The van der Waals surface area contributed by atoms with E-state index in [1.165, 1.54) is 12.8 Å². The van der Waals surface area contributed by atoms with E-state index in [0.29, 0.717) is 6.04 Å². The van der Waals surface area contributed by atoms with Crippen LogP contribution in [0.5, 0.6) is 0 Å². The van der Waals surface area contributed by atoms with Gasteiger partial charge in [0.2, 0.25) is 0 Å². The molecule has 0 atom stereocenters. The third-order valence-corrected chi connectivity index (χ3v) is 2.71. The smallest absolute Gasteiger partial charge is 0.134 e. The summed E-state index contributed by atoms with van der Waals surface area (Å²) < 4.78 is 0. The summed E-state index contributed by atoms with van der Waals surface area (Å²) in [7, 11) is 0. The minimum atomic E-state index is 0.626. The molecule has 1 heterocycles. The number of nitrogens with two attached hydrogens (primary N) is 1. The van der Waals surface area contributed by atoms with E-state index in [1.807, 2.05) is 30.5 Å². The number of aromatic nitrogens is 1. The highest BCUT2D eigenvalue weighted by atomic mass is 15.0. The highest BCUT2D eigenvalue weighted by Crippen LogP contribution is 2.28. The first-order valence-electron chi connectivity index (χ1n) is 5.24. The van der Waals surface area contributed by atoms with Crippen molar-refractivity contribution in [2.24, 2.45) is 0 Å². The van der Waals surface area contributed by atoms with Crippen LogP contribution in [-0.2, 0) is 0 Å². The fourth-order valence-electron chi connectivity index (χ4n) is 1.73. The number of nitrogens with zero attached hydrogens (tertiary/aromatic N) is 1. The second kappa shape index (κ2) is 3.12. The summed E-state index contributed by atoms with van der Waals surface area (Å²) in [5, 5.41) is 5.72. The lowest BCUT2D eigenvalue weighted by molar-refractivity contribution is 1.12. The van der Waals surface area contributed by atoms with Gasteiger partial charge in [0.25, 0.3) is 0 Å². The number of nitrogens with one attached hydrogen (secondary N) is 1. The predicted octanol–water partition coefficient (Wildman–Crippen LogP) is 2.39. The van der Waals surface area contributed by atoms with Gasteiger partial charge in [0.05, 0.1) is 0 Å². The molecular weight excluding hydrogens is 186 g/mol. The zero-order valence-electron chi connectivity index (χ0n) is 8.40. The molecule has 0 aliphatic heterocycles. The fourth-order valence-corrected chi connectivity index (χ4v) is 1.73. The first kappa shape index (κ1) is 8.53. The van der Waals surface area contributed by atoms with Crippen molar-refractivity contribution < 1.29 is 0 Å². The number of anilines is 2. The van der Waals surface area contributed by atoms with Crippen molar-refractivity contribution in [1.29, 1.82) is 0 Å². The number of hydrogen-bond acceptors (Lipinski definition) is 3. The normalized spacial score (nSPS) is 15.5. The average molecular weight is 199 g/mol. The Morgan fingerprint density at radius 3 is 2.93 bits per heavy atom. The summed E-state index contributed by atoms with van der Waals surface area (Å²) >= 11 is 0. The molecule has 1 aliphatic carbocycles. The Morgan fingerprint density at radius 2 is 2.13 bits per heavy atom. The summed E-state index contributed by atoms with van der Waals surface area (Å²) in [4.78, 5) is 4.36. The van der Waals surface area contributed by atoms with E-state index in [-0.39, 0.29) is 0 Å². The van der Waals surface area contributed by atoms with Crippen LogP contribution < -0.4 is 11.1 Å². The number of fused-ring (bicyclic) bond motifs is 1. The third-order valence-electron chi connectivity index (χ3n) is 2.71. The standard InChI is InChI=1S/C12H13N3/c13-9-1-4-11-8(7-9)5-6-14-12(11)15-10-2-3-10/h1,4-7,10H,2-3,13H2,(H,14,15). The third kappa shape index (κ3) is 1.61. The van der Waals surface area contributed by atoms with Gasteiger partial charge in [-0.25, -0.2) is 4.98 Å². The van der Waals surface area contributed by atoms with Gasteiger partial charge in [-0.2, -0.15) is 0 Å². The van der Waals surface area contributed by atoms with E-state index in [9.17, 15) is 0 Å². The zero-order valence-corrected chi connectivity index (χ0v) is 8.40. The molecule has 0 unspecified atom stereocenters. The molecule has 0 bridgehead atoms. The topological polar surface area (TPSA) is 50.9 Å². The summed E-state index contributed by atoms with van der Waals surface area (Å²) in [5.74, 6) is 0.981. The Bertz CT molecular complexity index is 503. The summed E-state index contributed by atoms with van der Waals surface area (Å²) in [6.07, 6.45) is 4.34. The van der Waals surface area contributed by atoms with Crippen molar-refractivity contribution in [2.75, 3.05) is 11.1 Å². The van der Waals surface area contributed by atoms with Crippen molar-refractivity contribution in [3.05, 3.63) is 30.5 Å². The Labute approximate surface area is 88.3 Å². The van der Waals surface area contributed by atoms with E-state index >= 15 is 0 Å². The second-order valence-electron chi connectivity index (χ2n) is 4.06. The van der Waals surface area contributed by atoms with Gasteiger partial charge in [-0.15, -0.1) is 0 Å². The first-order chi connectivity index (χ1) is 7.33. The molecule has 1 aromatic heterocycles. The van der Waals surface area contributed by atoms with E-state index in [1.54, 1.807) is 0 Å². The number of hydrogen-bond donors (Lipinski definition) is 2. The number of rotatable bonds is 2. The lowest BCUT2D eigenvalue weighted by Gasteiger charge is -2.07. The Hall–Kier alpha value is -1.77. The summed E-state index contributed by atoms with van der Waals surface area (Å²) in [6, 6.07) is 8.55. The van der Waals surface area contributed by atoms with Crippen LogP contribution in [0.1, 0.15) is 12.8 Å². The molecule has 3 N–H and O–H groups in total. The Morgan fingerprint density at radius 1 is 1.27 bits per heavy atom. The highest BCUT2D eigenvalue weighted by Gasteiger charge is 2.21. The van der Waals surface area contributed by atoms with Crippen LogP contribution in [0.2, 0.25) is 0 Å². The number of benzene rings is 1. The van der Waals surface area contributed by atoms with Gasteiger partial charge >= 0.3 is 0 Å². The van der Waals surface area contributed by atoms with E-state index in [0.717, 1.165) is 22.3 Å². The molecule has 3 rings (SSSR count). The Kier molecular flexibility index (Phi) is 1.78. The van der Waals surface area contributed by atoms with Gasteiger partial charge in [0, 0.05) is 23.3 Å². The summed E-state index contributed by atoms with van der Waals surface area (Å²) in [5.41, 5.74) is 6.54. The average Bonchev–Trinajstić information content (AvgIpc) is 3.01. The molecule has 3 nitrogen and oxygen atoms in total. The molecule has 2 aromatic rings. The van der Waals surface area contributed by atoms with Gasteiger partial charge in [-0.1, -0.05) is 0 Å². The maximum Gasteiger partial charge on any atom is 0.134 e. The monoisotopic (exact) mass is 199 g/mol. The molecule has 1 aliphatic rings. The zero-order chi connectivity index (χ0) is 10.3. The van der Waals surface area contributed by atoms with Crippen molar-refractivity contribution >= 4 is 22.3 Å². The molecule has 76 valence electrons. The molecular formula is C12H13N3. The minimum Gasteiger partial charge on any atom is -0.399 e. The minimum absolute atomic E-state index is 0.626. The maximum atomic E-state index is 5.75. The molecule has 3 heteroatoms. The molecule has 1 fully saturated rings. The van der Waals surface area contributed by atoms with Gasteiger partial charge < -0.3 is 11.1 Å². The molecule has 0 spiro atoms. The van der Waals surface area contributed by atoms with Crippen LogP contribution in [0.25, 0.3) is 10.8 Å².